The second kappa shape index (κ2) is 8.88. The van der Waals surface area contributed by atoms with Crippen LogP contribution in [-0.4, -0.2) is 34.5 Å². The van der Waals surface area contributed by atoms with E-state index in [1.54, 1.807) is 29.2 Å². The number of anilines is 3. The van der Waals surface area contributed by atoms with Crippen LogP contribution < -0.4 is 15.5 Å². The Morgan fingerprint density at radius 2 is 1.78 bits per heavy atom. The molecule has 1 aliphatic heterocycles. The van der Waals surface area contributed by atoms with E-state index in [1.165, 1.54) is 23.8 Å². The highest BCUT2D eigenvalue weighted by molar-refractivity contribution is 7.15. The fraction of sp³-hybridized carbons (Fsp3) is 0.261. The predicted molar refractivity (Wildman–Crippen MR) is 124 cm³/mol. The quantitative estimate of drug-likeness (QED) is 0.615. The third-order valence-corrected chi connectivity index (χ3v) is 6.41. The number of rotatable bonds is 5. The van der Waals surface area contributed by atoms with Gasteiger partial charge in [-0.3, -0.25) is 19.7 Å². The van der Waals surface area contributed by atoms with Crippen molar-refractivity contribution >= 4 is 45.6 Å². The van der Waals surface area contributed by atoms with Crippen molar-refractivity contribution in [2.45, 2.75) is 33.1 Å². The molecule has 0 saturated carbocycles. The smallest absolute Gasteiger partial charge is 0.257 e. The zero-order valence-electron chi connectivity index (χ0n) is 18.0. The van der Waals surface area contributed by atoms with E-state index in [0.717, 1.165) is 16.3 Å². The van der Waals surface area contributed by atoms with Crippen molar-refractivity contribution in [2.24, 2.45) is 0 Å². The molecule has 2 aromatic carbocycles. The topological polar surface area (TPSA) is 104 Å². The number of hydrogen-bond acceptors (Lipinski definition) is 6. The monoisotopic (exact) mass is 449 g/mol. The Balaban J connectivity index is 1.41. The van der Waals surface area contributed by atoms with E-state index in [9.17, 15) is 14.4 Å². The van der Waals surface area contributed by atoms with Crippen LogP contribution in [0.1, 0.15) is 45.8 Å². The molecule has 2 heterocycles. The van der Waals surface area contributed by atoms with Gasteiger partial charge >= 0.3 is 0 Å². The van der Waals surface area contributed by atoms with Gasteiger partial charge in [-0.1, -0.05) is 17.4 Å². The lowest BCUT2D eigenvalue weighted by atomic mass is 10.1. The van der Waals surface area contributed by atoms with E-state index in [4.69, 9.17) is 0 Å². The minimum atomic E-state index is -0.318. The molecule has 4 rings (SSSR count). The van der Waals surface area contributed by atoms with Gasteiger partial charge in [-0.15, -0.1) is 10.2 Å². The summed E-state index contributed by atoms with van der Waals surface area (Å²) in [4.78, 5) is 38.0. The largest absolute Gasteiger partial charge is 0.326 e. The molecular formula is C23H23N5O3S. The molecule has 8 nitrogen and oxygen atoms in total. The molecule has 1 atom stereocenters. The van der Waals surface area contributed by atoms with Crippen molar-refractivity contribution < 1.29 is 14.4 Å². The van der Waals surface area contributed by atoms with Crippen molar-refractivity contribution in [3.05, 3.63) is 64.2 Å². The number of carbonyl (C=O) groups is 3. The Morgan fingerprint density at radius 1 is 1.03 bits per heavy atom. The summed E-state index contributed by atoms with van der Waals surface area (Å²) in [5.74, 6) is -0.506. The number of nitrogens with zero attached hydrogens (tertiary/aromatic N) is 3. The van der Waals surface area contributed by atoms with Crippen molar-refractivity contribution in [1.82, 2.24) is 10.2 Å². The normalized spacial score (nSPS) is 15.7. The van der Waals surface area contributed by atoms with Crippen LogP contribution in [0.3, 0.4) is 0 Å². The first-order valence-electron chi connectivity index (χ1n) is 10.2. The van der Waals surface area contributed by atoms with Crippen LogP contribution in [0.25, 0.3) is 0 Å². The number of benzene rings is 2. The predicted octanol–water partition coefficient (Wildman–Crippen LogP) is 3.89. The summed E-state index contributed by atoms with van der Waals surface area (Å²) in [5, 5.41) is 14.8. The lowest BCUT2D eigenvalue weighted by molar-refractivity contribution is -0.117. The van der Waals surface area contributed by atoms with Gasteiger partial charge in [-0.05, 0) is 61.4 Å². The lowest BCUT2D eigenvalue weighted by Crippen LogP contribution is -2.24. The van der Waals surface area contributed by atoms with Gasteiger partial charge in [0.05, 0.1) is 0 Å². The third-order valence-electron chi connectivity index (χ3n) is 5.40. The van der Waals surface area contributed by atoms with Crippen LogP contribution in [0, 0.1) is 13.8 Å². The summed E-state index contributed by atoms with van der Waals surface area (Å²) in [6.45, 7) is 6.03. The van der Waals surface area contributed by atoms with Crippen LogP contribution >= 0.6 is 11.3 Å². The maximum absolute atomic E-state index is 12.6. The van der Waals surface area contributed by atoms with E-state index < -0.39 is 0 Å². The fourth-order valence-corrected chi connectivity index (χ4v) is 4.37. The average molecular weight is 450 g/mol. The summed E-state index contributed by atoms with van der Waals surface area (Å²) in [6.07, 6.45) is 0.361. The molecule has 0 unspecified atom stereocenters. The molecule has 1 fully saturated rings. The SMILES string of the molecule is CC(=O)Nc1ccc(C(=O)Nc2nnc([C@H]3CC(=O)N(c4ccc(C)c(C)c4)C3)s2)cc1. The molecule has 0 spiro atoms. The fourth-order valence-electron chi connectivity index (χ4n) is 3.54. The van der Waals surface area contributed by atoms with Gasteiger partial charge in [-0.25, -0.2) is 0 Å². The van der Waals surface area contributed by atoms with Crippen molar-refractivity contribution in [2.75, 3.05) is 22.1 Å². The van der Waals surface area contributed by atoms with Crippen LogP contribution in [0.15, 0.2) is 42.5 Å². The number of hydrogen-bond donors (Lipinski definition) is 2. The Hall–Kier alpha value is -3.59. The van der Waals surface area contributed by atoms with Crippen LogP contribution in [0.5, 0.6) is 0 Å². The van der Waals surface area contributed by atoms with E-state index in [2.05, 4.69) is 20.8 Å². The first-order valence-corrected chi connectivity index (χ1v) is 11.0. The minimum Gasteiger partial charge on any atom is -0.326 e. The second-order valence-corrected chi connectivity index (χ2v) is 8.84. The summed E-state index contributed by atoms with van der Waals surface area (Å²) >= 11 is 1.28. The maximum Gasteiger partial charge on any atom is 0.257 e. The first-order chi connectivity index (χ1) is 15.3. The molecule has 164 valence electrons. The summed E-state index contributed by atoms with van der Waals surface area (Å²) in [5.41, 5.74) is 4.27. The highest BCUT2D eigenvalue weighted by Crippen LogP contribution is 2.34. The minimum absolute atomic E-state index is 0.0540. The number of aromatic nitrogens is 2. The van der Waals surface area contributed by atoms with Crippen molar-refractivity contribution in [1.29, 1.82) is 0 Å². The molecule has 0 bridgehead atoms. The molecule has 1 saturated heterocycles. The van der Waals surface area contributed by atoms with Gasteiger partial charge in [0, 0.05) is 42.7 Å². The first kappa shape index (κ1) is 21.6. The molecule has 2 N–H and O–H groups in total. The highest BCUT2D eigenvalue weighted by Gasteiger charge is 2.34. The van der Waals surface area contributed by atoms with Gasteiger partial charge in [0.25, 0.3) is 5.91 Å². The van der Waals surface area contributed by atoms with Crippen molar-refractivity contribution in [3.63, 3.8) is 0 Å². The third kappa shape index (κ3) is 4.67. The molecule has 0 radical (unpaired) electrons. The highest BCUT2D eigenvalue weighted by atomic mass is 32.1. The van der Waals surface area contributed by atoms with Crippen LogP contribution in [-0.2, 0) is 9.59 Å². The number of nitrogens with one attached hydrogen (secondary N) is 2. The molecule has 1 aromatic heterocycles. The van der Waals surface area contributed by atoms with Gasteiger partial charge in [0.2, 0.25) is 16.9 Å². The summed E-state index contributed by atoms with van der Waals surface area (Å²) in [7, 11) is 0. The Morgan fingerprint density at radius 3 is 2.47 bits per heavy atom. The number of carbonyl (C=O) groups excluding carboxylic acids is 3. The van der Waals surface area contributed by atoms with Gasteiger partial charge in [0.1, 0.15) is 5.01 Å². The van der Waals surface area contributed by atoms with E-state index >= 15 is 0 Å². The Kier molecular flexibility index (Phi) is 6.00. The lowest BCUT2D eigenvalue weighted by Gasteiger charge is -2.17. The van der Waals surface area contributed by atoms with E-state index in [-0.39, 0.29) is 23.6 Å². The van der Waals surface area contributed by atoms with Gasteiger partial charge < -0.3 is 10.2 Å². The summed E-state index contributed by atoms with van der Waals surface area (Å²) < 4.78 is 0. The van der Waals surface area contributed by atoms with Crippen molar-refractivity contribution in [3.8, 4) is 0 Å². The molecule has 0 aliphatic carbocycles. The maximum atomic E-state index is 12.6. The molecule has 9 heteroatoms. The molecule has 32 heavy (non-hydrogen) atoms. The molecule has 3 aromatic rings. The molecule has 3 amide bonds. The van der Waals surface area contributed by atoms with Crippen LogP contribution in [0.4, 0.5) is 16.5 Å². The van der Waals surface area contributed by atoms with E-state index in [0.29, 0.717) is 29.3 Å². The second-order valence-electron chi connectivity index (χ2n) is 7.83. The van der Waals surface area contributed by atoms with Crippen LogP contribution in [0.2, 0.25) is 0 Å². The number of aryl methyl sites for hydroxylation is 2. The Labute approximate surface area is 189 Å². The Bertz CT molecular complexity index is 1190. The molecular weight excluding hydrogens is 426 g/mol. The average Bonchev–Trinajstić information content (AvgIpc) is 3.36. The van der Waals surface area contributed by atoms with Gasteiger partial charge in [-0.2, -0.15) is 0 Å². The molecule has 1 aliphatic rings. The van der Waals surface area contributed by atoms with E-state index in [1.807, 2.05) is 32.0 Å². The summed E-state index contributed by atoms with van der Waals surface area (Å²) in [6, 6.07) is 12.6. The zero-order valence-corrected chi connectivity index (χ0v) is 18.8. The zero-order chi connectivity index (χ0) is 22.8. The standard InChI is InChI=1S/C23H23N5O3S/c1-13-4-9-19(10-14(13)2)28-12-17(11-20(28)30)22-26-27-23(32-22)25-21(31)16-5-7-18(8-6-16)24-15(3)29/h4-10,17H,11-12H2,1-3H3,(H,24,29)(H,25,27,31)/t17-/m0/s1. The number of amides is 3. The van der Waals surface area contributed by atoms with Gasteiger partial charge in [0.15, 0.2) is 0 Å².